The first-order valence-corrected chi connectivity index (χ1v) is 11.5. The van der Waals surface area contributed by atoms with Crippen molar-refractivity contribution in [2.45, 2.75) is 12.5 Å². The van der Waals surface area contributed by atoms with Gasteiger partial charge >= 0.3 is 5.97 Å². The largest absolute Gasteiger partial charge is 0.452 e. The van der Waals surface area contributed by atoms with E-state index in [-0.39, 0.29) is 39.6 Å². The van der Waals surface area contributed by atoms with Gasteiger partial charge in [0.15, 0.2) is 22.2 Å². The number of nitrogens with one attached hydrogen (secondary N) is 1. The number of benzene rings is 2. The molecule has 1 N–H and O–H groups in total. The predicted octanol–water partition coefficient (Wildman–Crippen LogP) is 1.94. The fourth-order valence-corrected chi connectivity index (χ4v) is 5.06. The van der Waals surface area contributed by atoms with Gasteiger partial charge in [0.2, 0.25) is 0 Å². The summed E-state index contributed by atoms with van der Waals surface area (Å²) in [7, 11) is -3.18. The predicted molar refractivity (Wildman–Crippen MR) is 113 cm³/mol. The van der Waals surface area contributed by atoms with Crippen molar-refractivity contribution in [3.8, 4) is 0 Å². The van der Waals surface area contributed by atoms with E-state index in [1.54, 1.807) is 0 Å². The molecule has 1 amide bonds. The Morgan fingerprint density at radius 3 is 2.47 bits per heavy atom. The number of hydrogen-bond acceptors (Lipinski definition) is 8. The summed E-state index contributed by atoms with van der Waals surface area (Å²) >= 11 is 5.77. The van der Waals surface area contributed by atoms with Crippen LogP contribution in [0.5, 0.6) is 0 Å². The Hall–Kier alpha value is -3.31. The van der Waals surface area contributed by atoms with Crippen LogP contribution in [0.2, 0.25) is 5.02 Å². The molecule has 12 heteroatoms. The van der Waals surface area contributed by atoms with Crippen LogP contribution in [0.25, 0.3) is 0 Å². The van der Waals surface area contributed by atoms with Crippen LogP contribution in [0.15, 0.2) is 42.5 Å². The maximum Gasteiger partial charge on any atom is 0.339 e. The summed E-state index contributed by atoms with van der Waals surface area (Å²) in [6, 6.07) is 8.63. The van der Waals surface area contributed by atoms with Crippen LogP contribution in [-0.4, -0.2) is 55.2 Å². The summed E-state index contributed by atoms with van der Waals surface area (Å²) in [5, 5.41) is 13.4. The monoisotopic (exact) mass is 480 g/mol. The third-order valence-electron chi connectivity index (χ3n) is 4.73. The van der Waals surface area contributed by atoms with Crippen molar-refractivity contribution in [1.82, 2.24) is 5.32 Å². The minimum atomic E-state index is -3.18. The van der Waals surface area contributed by atoms with Gasteiger partial charge in [0, 0.05) is 23.2 Å². The van der Waals surface area contributed by atoms with Gasteiger partial charge in [-0.25, -0.2) is 13.2 Å². The quantitative estimate of drug-likeness (QED) is 0.273. The number of nitrogens with zero attached hydrogens (tertiary/aromatic N) is 1. The number of halogens is 1. The Kier molecular flexibility index (Phi) is 6.90. The third-order valence-corrected chi connectivity index (χ3v) is 6.82. The molecular weight excluding hydrogens is 464 g/mol. The molecule has 0 bridgehead atoms. The molecule has 10 nitrogen and oxygen atoms in total. The van der Waals surface area contributed by atoms with E-state index in [1.165, 1.54) is 36.4 Å². The molecule has 0 saturated carbocycles. The van der Waals surface area contributed by atoms with Gasteiger partial charge in [-0.1, -0.05) is 29.8 Å². The third kappa shape index (κ3) is 5.48. The minimum absolute atomic E-state index is 0.0178. The van der Waals surface area contributed by atoms with Gasteiger partial charge in [0.1, 0.15) is 5.02 Å². The number of ether oxygens (including phenoxy) is 1. The molecule has 1 heterocycles. The van der Waals surface area contributed by atoms with E-state index in [9.17, 15) is 32.9 Å². The number of carbonyl (C=O) groups excluding carboxylic acids is 3. The van der Waals surface area contributed by atoms with Crippen molar-refractivity contribution in [3.63, 3.8) is 0 Å². The van der Waals surface area contributed by atoms with Crippen molar-refractivity contribution in [1.29, 1.82) is 0 Å². The maximum atomic E-state index is 12.9. The topological polar surface area (TPSA) is 150 Å². The molecule has 1 atom stereocenters. The van der Waals surface area contributed by atoms with E-state index >= 15 is 0 Å². The fourth-order valence-electron chi connectivity index (χ4n) is 3.20. The summed E-state index contributed by atoms with van der Waals surface area (Å²) in [5.41, 5.74) is -0.715. The molecule has 1 aliphatic heterocycles. The molecule has 32 heavy (non-hydrogen) atoms. The standard InChI is InChI=1S/C20H17ClN2O8S/c21-16-6-5-12(9-17(16)23(27)28)19(25)14-3-1-2-4-15(14)20(26)31-10-18(24)22-13-7-8-32(29,30)11-13/h1-6,9,13H,7-8,10-11H2,(H,22,24). The molecule has 1 unspecified atom stereocenters. The summed E-state index contributed by atoms with van der Waals surface area (Å²) < 4.78 is 27.9. The van der Waals surface area contributed by atoms with Crippen LogP contribution in [-0.2, 0) is 19.4 Å². The Bertz CT molecular complexity index is 1210. The number of carbonyl (C=O) groups is 3. The van der Waals surface area contributed by atoms with Gasteiger partial charge in [-0.15, -0.1) is 0 Å². The molecule has 168 valence electrons. The molecule has 0 aromatic heterocycles. The number of rotatable bonds is 7. The summed E-state index contributed by atoms with van der Waals surface area (Å²) in [5.74, 6) is -2.48. The molecule has 0 radical (unpaired) electrons. The smallest absolute Gasteiger partial charge is 0.339 e. The maximum absolute atomic E-state index is 12.9. The molecular formula is C20H17ClN2O8S. The van der Waals surface area contributed by atoms with Crippen LogP contribution in [0.1, 0.15) is 32.7 Å². The number of nitro groups is 1. The van der Waals surface area contributed by atoms with E-state index in [4.69, 9.17) is 16.3 Å². The van der Waals surface area contributed by atoms with E-state index in [1.807, 2.05) is 0 Å². The number of nitro benzene ring substituents is 1. The Balaban J connectivity index is 1.71. The lowest BCUT2D eigenvalue weighted by atomic mass is 9.98. The lowest BCUT2D eigenvalue weighted by Crippen LogP contribution is -2.38. The van der Waals surface area contributed by atoms with Crippen molar-refractivity contribution in [2.24, 2.45) is 0 Å². The molecule has 1 saturated heterocycles. The lowest BCUT2D eigenvalue weighted by molar-refractivity contribution is -0.384. The van der Waals surface area contributed by atoms with E-state index in [2.05, 4.69) is 5.32 Å². The first kappa shape index (κ1) is 23.4. The molecule has 2 aromatic carbocycles. The van der Waals surface area contributed by atoms with E-state index in [0.717, 1.165) is 6.07 Å². The van der Waals surface area contributed by atoms with Crippen LogP contribution in [0.3, 0.4) is 0 Å². The number of sulfone groups is 1. The van der Waals surface area contributed by atoms with Crippen molar-refractivity contribution < 1.29 is 32.5 Å². The fraction of sp³-hybridized carbons (Fsp3) is 0.250. The summed E-state index contributed by atoms with van der Waals surface area (Å²) in [4.78, 5) is 47.7. The molecule has 2 aromatic rings. The molecule has 3 rings (SSSR count). The first-order valence-electron chi connectivity index (χ1n) is 9.32. The highest BCUT2D eigenvalue weighted by atomic mass is 35.5. The number of amides is 1. The SMILES string of the molecule is O=C(COC(=O)c1ccccc1C(=O)c1ccc(Cl)c([N+](=O)[O-])c1)NC1CCS(=O)(=O)C1. The van der Waals surface area contributed by atoms with Crippen LogP contribution in [0.4, 0.5) is 5.69 Å². The van der Waals surface area contributed by atoms with Gasteiger partial charge in [-0.05, 0) is 24.6 Å². The van der Waals surface area contributed by atoms with Gasteiger partial charge < -0.3 is 10.1 Å². The van der Waals surface area contributed by atoms with Crippen molar-refractivity contribution >= 4 is 44.8 Å². The normalized spacial score (nSPS) is 16.8. The second-order valence-corrected chi connectivity index (χ2v) is 9.68. The minimum Gasteiger partial charge on any atom is -0.452 e. The lowest BCUT2D eigenvalue weighted by Gasteiger charge is -2.12. The zero-order valence-electron chi connectivity index (χ0n) is 16.4. The van der Waals surface area contributed by atoms with Crippen LogP contribution >= 0.6 is 11.6 Å². The zero-order chi connectivity index (χ0) is 23.5. The molecule has 1 aliphatic rings. The highest BCUT2D eigenvalue weighted by Gasteiger charge is 2.29. The highest BCUT2D eigenvalue weighted by Crippen LogP contribution is 2.27. The van der Waals surface area contributed by atoms with Gasteiger partial charge in [0.05, 0.1) is 22.0 Å². The van der Waals surface area contributed by atoms with E-state index in [0.29, 0.717) is 0 Å². The second kappa shape index (κ2) is 9.45. The zero-order valence-corrected chi connectivity index (χ0v) is 18.0. The van der Waals surface area contributed by atoms with Gasteiger partial charge in [-0.2, -0.15) is 0 Å². The van der Waals surface area contributed by atoms with Crippen LogP contribution < -0.4 is 5.32 Å². The second-order valence-electron chi connectivity index (χ2n) is 7.04. The molecule has 1 fully saturated rings. The number of ketones is 1. The molecule has 0 spiro atoms. The Morgan fingerprint density at radius 1 is 1.16 bits per heavy atom. The Labute approximate surface area is 187 Å². The molecule has 0 aliphatic carbocycles. The average Bonchev–Trinajstić information content (AvgIpc) is 3.09. The summed E-state index contributed by atoms with van der Waals surface area (Å²) in [6.45, 7) is -0.662. The number of hydrogen-bond donors (Lipinski definition) is 1. The highest BCUT2D eigenvalue weighted by molar-refractivity contribution is 7.91. The average molecular weight is 481 g/mol. The van der Waals surface area contributed by atoms with E-state index < -0.39 is 50.8 Å². The van der Waals surface area contributed by atoms with Gasteiger partial charge in [-0.3, -0.25) is 19.7 Å². The Morgan fingerprint density at radius 2 is 1.84 bits per heavy atom. The van der Waals surface area contributed by atoms with Crippen LogP contribution in [0, 0.1) is 10.1 Å². The van der Waals surface area contributed by atoms with Crippen molar-refractivity contribution in [3.05, 3.63) is 74.3 Å². The first-order chi connectivity index (χ1) is 15.1. The van der Waals surface area contributed by atoms with Gasteiger partial charge in [0.25, 0.3) is 11.6 Å². The number of esters is 1. The summed E-state index contributed by atoms with van der Waals surface area (Å²) in [6.07, 6.45) is 0.284. The van der Waals surface area contributed by atoms with Crippen molar-refractivity contribution in [2.75, 3.05) is 18.1 Å².